The molecule has 0 aliphatic heterocycles. The highest BCUT2D eigenvalue weighted by atomic mass is 16.6. The third-order valence-electron chi connectivity index (χ3n) is 13.6. The van der Waals surface area contributed by atoms with Crippen LogP contribution in [0.3, 0.4) is 0 Å². The van der Waals surface area contributed by atoms with Crippen LogP contribution in [0.1, 0.15) is 310 Å². The van der Waals surface area contributed by atoms with Crippen LogP contribution in [0.25, 0.3) is 0 Å². The molecule has 0 saturated heterocycles. The summed E-state index contributed by atoms with van der Waals surface area (Å²) in [5, 5.41) is 0. The third kappa shape index (κ3) is 59.5. The first-order valence-electron chi connectivity index (χ1n) is 31.6. The Morgan fingerprint density at radius 2 is 0.527 bits per heavy atom. The molecular weight excluding hydrogens is 913 g/mol. The molecule has 0 N–H and O–H groups in total. The summed E-state index contributed by atoms with van der Waals surface area (Å²) >= 11 is 0. The van der Waals surface area contributed by atoms with Crippen molar-refractivity contribution in [2.24, 2.45) is 0 Å². The van der Waals surface area contributed by atoms with Gasteiger partial charge in [0.05, 0.1) is 0 Å². The van der Waals surface area contributed by atoms with Crippen LogP contribution < -0.4 is 0 Å². The predicted octanol–water partition coefficient (Wildman–Crippen LogP) is 21.5. The normalized spacial score (nSPS) is 12.6. The Labute approximate surface area is 458 Å². The van der Waals surface area contributed by atoms with E-state index in [1.807, 2.05) is 0 Å². The van der Waals surface area contributed by atoms with Gasteiger partial charge in [0.2, 0.25) is 0 Å². The minimum Gasteiger partial charge on any atom is -0.462 e. The molecule has 0 rings (SSSR count). The average molecular weight is 1030 g/mol. The molecule has 0 fully saturated rings. The van der Waals surface area contributed by atoms with E-state index in [4.69, 9.17) is 14.2 Å². The first-order chi connectivity index (χ1) is 36.5. The van der Waals surface area contributed by atoms with Gasteiger partial charge < -0.3 is 14.2 Å². The van der Waals surface area contributed by atoms with Gasteiger partial charge in [0, 0.05) is 19.3 Å². The zero-order valence-corrected chi connectivity index (χ0v) is 48.8. The number of esters is 3. The zero-order valence-electron chi connectivity index (χ0n) is 48.8. The molecule has 0 radical (unpaired) electrons. The van der Waals surface area contributed by atoms with Gasteiger partial charge in [0.25, 0.3) is 0 Å². The molecular formula is C68H118O6. The van der Waals surface area contributed by atoms with Crippen LogP contribution in [0.5, 0.6) is 0 Å². The van der Waals surface area contributed by atoms with Crippen LogP contribution in [-0.2, 0) is 28.6 Å². The van der Waals surface area contributed by atoms with Crippen molar-refractivity contribution < 1.29 is 28.6 Å². The summed E-state index contributed by atoms with van der Waals surface area (Å²) in [6.07, 6.45) is 81.6. The lowest BCUT2D eigenvalue weighted by molar-refractivity contribution is -0.167. The van der Waals surface area contributed by atoms with Crippen molar-refractivity contribution in [2.45, 2.75) is 316 Å². The lowest BCUT2D eigenvalue weighted by Crippen LogP contribution is -2.30. The van der Waals surface area contributed by atoms with E-state index < -0.39 is 6.10 Å². The molecule has 6 nitrogen and oxygen atoms in total. The van der Waals surface area contributed by atoms with Crippen LogP contribution >= 0.6 is 0 Å². The van der Waals surface area contributed by atoms with E-state index >= 15 is 0 Å². The molecule has 1 atom stereocenters. The fraction of sp³-hybridized carbons (Fsp3) is 0.750. The SMILES string of the molecule is CC/C=C\C/C=C\C/C=C\C/C=C\CCCCCCC(=O)OC(COC(=O)CCCCCCC/C=C\C/C=C\CCCCCC)COC(=O)CCCCCCCCCCCCC/C=C\CCCCCCCCCC. The summed E-state index contributed by atoms with van der Waals surface area (Å²) < 4.78 is 16.9. The first-order valence-corrected chi connectivity index (χ1v) is 31.6. The first kappa shape index (κ1) is 70.6. The third-order valence-corrected chi connectivity index (χ3v) is 13.6. The van der Waals surface area contributed by atoms with Crippen molar-refractivity contribution in [1.29, 1.82) is 0 Å². The van der Waals surface area contributed by atoms with Gasteiger partial charge in [-0.1, -0.05) is 260 Å². The number of unbranched alkanes of at least 4 members (excludes halogenated alkanes) is 32. The van der Waals surface area contributed by atoms with Gasteiger partial charge in [-0.25, -0.2) is 0 Å². The van der Waals surface area contributed by atoms with E-state index in [1.165, 1.54) is 148 Å². The maximum absolute atomic E-state index is 12.9. The number of carbonyl (C=O) groups excluding carboxylic acids is 3. The van der Waals surface area contributed by atoms with Gasteiger partial charge in [-0.2, -0.15) is 0 Å². The van der Waals surface area contributed by atoms with E-state index in [0.717, 1.165) is 122 Å². The smallest absolute Gasteiger partial charge is 0.306 e. The lowest BCUT2D eigenvalue weighted by Gasteiger charge is -2.18. The van der Waals surface area contributed by atoms with Crippen LogP contribution in [0.4, 0.5) is 0 Å². The van der Waals surface area contributed by atoms with Crippen molar-refractivity contribution in [2.75, 3.05) is 13.2 Å². The molecule has 0 spiro atoms. The number of hydrogen-bond acceptors (Lipinski definition) is 6. The molecule has 426 valence electrons. The summed E-state index contributed by atoms with van der Waals surface area (Å²) in [5.74, 6) is -0.919. The van der Waals surface area contributed by atoms with Crippen LogP contribution in [0, 0.1) is 0 Å². The second-order valence-corrected chi connectivity index (χ2v) is 20.9. The van der Waals surface area contributed by atoms with Gasteiger partial charge in [-0.15, -0.1) is 0 Å². The Morgan fingerprint density at radius 3 is 0.851 bits per heavy atom. The minimum atomic E-state index is -0.797. The molecule has 0 amide bonds. The molecule has 0 aromatic carbocycles. The van der Waals surface area contributed by atoms with Crippen LogP contribution in [0.2, 0.25) is 0 Å². The Balaban J connectivity index is 4.38. The van der Waals surface area contributed by atoms with E-state index in [1.54, 1.807) is 0 Å². The van der Waals surface area contributed by atoms with Gasteiger partial charge in [0.15, 0.2) is 6.10 Å². The number of rotatable bonds is 57. The standard InChI is InChI=1S/C68H118O6/c1-4-7-10-13-16-19-22-25-28-31-32-33-34-35-36-38-40-43-46-49-52-55-58-61-67(70)73-64-65(63-72-66(69)60-57-54-51-48-45-42-39-30-27-24-21-18-15-12-9-6-3)74-68(71)62-59-56-53-50-47-44-41-37-29-26-23-20-17-14-11-8-5-2/h8,11,17,20-21,24,26,29-32,39,41,44,65H,4-7,9-10,12-16,18-19,22-23,25,27-28,33-38,40,42-43,45-64H2,1-3H3/b11-8-,20-17-,24-21-,29-26-,32-31-,39-30-,44-41-. The lowest BCUT2D eigenvalue weighted by atomic mass is 10.0. The predicted molar refractivity (Wildman–Crippen MR) is 321 cm³/mol. The molecule has 0 aromatic heterocycles. The van der Waals surface area contributed by atoms with Gasteiger partial charge in [-0.3, -0.25) is 14.4 Å². The monoisotopic (exact) mass is 1030 g/mol. The van der Waals surface area contributed by atoms with Gasteiger partial charge in [0.1, 0.15) is 13.2 Å². The zero-order chi connectivity index (χ0) is 53.6. The molecule has 0 saturated carbocycles. The molecule has 0 aromatic rings. The van der Waals surface area contributed by atoms with Gasteiger partial charge in [-0.05, 0) is 116 Å². The van der Waals surface area contributed by atoms with Crippen LogP contribution in [-0.4, -0.2) is 37.2 Å². The number of carbonyl (C=O) groups is 3. The highest BCUT2D eigenvalue weighted by Crippen LogP contribution is 2.16. The average Bonchev–Trinajstić information content (AvgIpc) is 3.40. The summed E-state index contributed by atoms with van der Waals surface area (Å²) in [6, 6.07) is 0. The molecule has 74 heavy (non-hydrogen) atoms. The Bertz CT molecular complexity index is 1420. The van der Waals surface area contributed by atoms with Crippen molar-refractivity contribution in [3.8, 4) is 0 Å². The Hall–Kier alpha value is -3.41. The van der Waals surface area contributed by atoms with E-state index in [-0.39, 0.29) is 31.1 Å². The quantitative estimate of drug-likeness (QED) is 0.0261. The summed E-state index contributed by atoms with van der Waals surface area (Å²) in [5.41, 5.74) is 0. The second kappa shape index (κ2) is 62.1. The van der Waals surface area contributed by atoms with E-state index in [2.05, 4.69) is 106 Å². The minimum absolute atomic E-state index is 0.0907. The van der Waals surface area contributed by atoms with Crippen molar-refractivity contribution in [1.82, 2.24) is 0 Å². The number of ether oxygens (including phenoxy) is 3. The highest BCUT2D eigenvalue weighted by Gasteiger charge is 2.19. The molecule has 0 aliphatic carbocycles. The summed E-state index contributed by atoms with van der Waals surface area (Å²) in [6.45, 7) is 6.51. The van der Waals surface area contributed by atoms with Crippen molar-refractivity contribution in [3.63, 3.8) is 0 Å². The fourth-order valence-corrected chi connectivity index (χ4v) is 8.87. The second-order valence-electron chi connectivity index (χ2n) is 20.9. The fourth-order valence-electron chi connectivity index (χ4n) is 8.87. The topological polar surface area (TPSA) is 78.9 Å². The number of hydrogen-bond donors (Lipinski definition) is 0. The van der Waals surface area contributed by atoms with Crippen molar-refractivity contribution in [3.05, 3.63) is 85.1 Å². The summed E-state index contributed by atoms with van der Waals surface area (Å²) in [4.78, 5) is 38.3. The molecule has 0 heterocycles. The molecule has 0 bridgehead atoms. The Kier molecular flexibility index (Phi) is 59.3. The molecule has 0 aliphatic rings. The van der Waals surface area contributed by atoms with E-state index in [0.29, 0.717) is 19.3 Å². The summed E-state index contributed by atoms with van der Waals surface area (Å²) in [7, 11) is 0. The molecule has 6 heteroatoms. The van der Waals surface area contributed by atoms with Crippen molar-refractivity contribution >= 4 is 17.9 Å². The van der Waals surface area contributed by atoms with E-state index in [9.17, 15) is 14.4 Å². The van der Waals surface area contributed by atoms with Crippen LogP contribution in [0.15, 0.2) is 85.1 Å². The largest absolute Gasteiger partial charge is 0.462 e. The number of allylic oxidation sites excluding steroid dienone is 14. The maximum atomic E-state index is 12.9. The Morgan fingerprint density at radius 1 is 0.284 bits per heavy atom. The molecule has 1 unspecified atom stereocenters. The highest BCUT2D eigenvalue weighted by molar-refractivity contribution is 5.71. The van der Waals surface area contributed by atoms with Gasteiger partial charge >= 0.3 is 17.9 Å². The maximum Gasteiger partial charge on any atom is 0.306 e.